The topological polar surface area (TPSA) is 79.4 Å². The van der Waals surface area contributed by atoms with Crippen molar-refractivity contribution in [2.45, 2.75) is 26.1 Å². The molecule has 2 aliphatic heterocycles. The first-order chi connectivity index (χ1) is 13.7. The van der Waals surface area contributed by atoms with E-state index >= 15 is 0 Å². The minimum Gasteiger partial charge on any atom is -0.378 e. The second kappa shape index (κ2) is 7.31. The molecular weight excluding hydrogens is 376 g/mol. The van der Waals surface area contributed by atoms with E-state index in [1.165, 1.54) is 0 Å². The Morgan fingerprint density at radius 2 is 1.89 bits per heavy atom. The predicted molar refractivity (Wildman–Crippen MR) is 110 cm³/mol. The van der Waals surface area contributed by atoms with Crippen molar-refractivity contribution in [3.8, 4) is 10.6 Å². The molecule has 2 atom stereocenters. The SMILES string of the molecule is C[C@@H]1CN(c2nc(N3CCOCC3)c3sc(-c4ccn[nH]4)cc3n2)C[C@H](C)O1. The highest BCUT2D eigenvalue weighted by molar-refractivity contribution is 7.22. The third kappa shape index (κ3) is 3.34. The second-order valence-electron chi connectivity index (χ2n) is 7.40. The lowest BCUT2D eigenvalue weighted by molar-refractivity contribution is -0.00569. The molecule has 8 nitrogen and oxygen atoms in total. The molecule has 2 saturated heterocycles. The molecule has 0 amide bonds. The van der Waals surface area contributed by atoms with E-state index in [0.29, 0.717) is 0 Å². The molecule has 148 valence electrons. The van der Waals surface area contributed by atoms with Gasteiger partial charge in [-0.3, -0.25) is 5.10 Å². The minimum atomic E-state index is 0.165. The summed E-state index contributed by atoms with van der Waals surface area (Å²) < 4.78 is 12.6. The fourth-order valence-corrected chi connectivity index (χ4v) is 4.99. The van der Waals surface area contributed by atoms with Crippen LogP contribution in [0.4, 0.5) is 11.8 Å². The van der Waals surface area contributed by atoms with Gasteiger partial charge in [-0.05, 0) is 26.0 Å². The molecule has 0 unspecified atom stereocenters. The zero-order chi connectivity index (χ0) is 19.1. The number of hydrogen-bond donors (Lipinski definition) is 1. The Hall–Kier alpha value is -2.23. The highest BCUT2D eigenvalue weighted by Crippen LogP contribution is 2.38. The number of ether oxygens (including phenoxy) is 2. The molecule has 5 heterocycles. The molecular formula is C19H24N6O2S. The van der Waals surface area contributed by atoms with Gasteiger partial charge in [0.1, 0.15) is 0 Å². The summed E-state index contributed by atoms with van der Waals surface area (Å²) in [5.41, 5.74) is 1.99. The van der Waals surface area contributed by atoms with Crippen molar-refractivity contribution in [1.82, 2.24) is 20.2 Å². The van der Waals surface area contributed by atoms with Crippen LogP contribution in [0.2, 0.25) is 0 Å². The van der Waals surface area contributed by atoms with Gasteiger partial charge in [0.2, 0.25) is 5.95 Å². The Morgan fingerprint density at radius 1 is 1.11 bits per heavy atom. The van der Waals surface area contributed by atoms with E-state index in [2.05, 4.69) is 39.9 Å². The van der Waals surface area contributed by atoms with Crippen LogP contribution < -0.4 is 9.80 Å². The first-order valence-corrected chi connectivity index (χ1v) is 10.5. The fourth-order valence-electron chi connectivity index (χ4n) is 3.90. The molecule has 2 aliphatic rings. The van der Waals surface area contributed by atoms with Crippen LogP contribution >= 0.6 is 11.3 Å². The number of nitrogens with one attached hydrogen (secondary N) is 1. The van der Waals surface area contributed by atoms with Gasteiger partial charge < -0.3 is 19.3 Å². The summed E-state index contributed by atoms with van der Waals surface area (Å²) in [4.78, 5) is 15.6. The molecule has 1 N–H and O–H groups in total. The molecule has 5 rings (SSSR count). The van der Waals surface area contributed by atoms with Gasteiger partial charge in [-0.15, -0.1) is 11.3 Å². The Kier molecular flexibility index (Phi) is 4.65. The molecule has 0 saturated carbocycles. The van der Waals surface area contributed by atoms with E-state index in [9.17, 15) is 0 Å². The van der Waals surface area contributed by atoms with Crippen LogP contribution in [-0.2, 0) is 9.47 Å². The maximum absolute atomic E-state index is 5.89. The number of rotatable bonds is 3. The van der Waals surface area contributed by atoms with Crippen molar-refractivity contribution in [1.29, 1.82) is 0 Å². The van der Waals surface area contributed by atoms with E-state index in [0.717, 1.165) is 71.9 Å². The summed E-state index contributed by atoms with van der Waals surface area (Å²) in [6, 6.07) is 4.12. The van der Waals surface area contributed by atoms with Gasteiger partial charge in [-0.2, -0.15) is 10.1 Å². The van der Waals surface area contributed by atoms with Crippen molar-refractivity contribution in [3.05, 3.63) is 18.3 Å². The number of thiophene rings is 1. The van der Waals surface area contributed by atoms with Crippen LogP contribution in [0, 0.1) is 0 Å². The van der Waals surface area contributed by atoms with Crippen LogP contribution in [0.1, 0.15) is 13.8 Å². The first-order valence-electron chi connectivity index (χ1n) is 9.72. The lowest BCUT2D eigenvalue weighted by atomic mass is 10.2. The summed E-state index contributed by atoms with van der Waals surface area (Å²) in [7, 11) is 0. The molecule has 3 aromatic heterocycles. The second-order valence-corrected chi connectivity index (χ2v) is 8.46. The number of H-pyrrole nitrogens is 1. The van der Waals surface area contributed by atoms with Crippen LogP contribution in [0.5, 0.6) is 0 Å². The Bertz CT molecular complexity index is 943. The normalized spacial score (nSPS) is 23.5. The summed E-state index contributed by atoms with van der Waals surface area (Å²) in [5.74, 6) is 1.79. The maximum Gasteiger partial charge on any atom is 0.228 e. The average Bonchev–Trinajstić information content (AvgIpc) is 3.36. The van der Waals surface area contributed by atoms with Crippen molar-refractivity contribution in [2.24, 2.45) is 0 Å². The van der Waals surface area contributed by atoms with Crippen LogP contribution in [-0.4, -0.2) is 71.8 Å². The van der Waals surface area contributed by atoms with E-state index in [-0.39, 0.29) is 12.2 Å². The van der Waals surface area contributed by atoms with Gasteiger partial charge in [0.25, 0.3) is 0 Å². The number of hydrogen-bond acceptors (Lipinski definition) is 8. The lowest BCUT2D eigenvalue weighted by Gasteiger charge is -2.36. The zero-order valence-corrected chi connectivity index (χ0v) is 16.9. The molecule has 0 aromatic carbocycles. The molecule has 28 heavy (non-hydrogen) atoms. The largest absolute Gasteiger partial charge is 0.378 e. The summed E-state index contributed by atoms with van der Waals surface area (Å²) >= 11 is 1.71. The van der Waals surface area contributed by atoms with Crippen molar-refractivity contribution < 1.29 is 9.47 Å². The highest BCUT2D eigenvalue weighted by atomic mass is 32.1. The van der Waals surface area contributed by atoms with Crippen molar-refractivity contribution >= 4 is 33.3 Å². The molecule has 9 heteroatoms. The lowest BCUT2D eigenvalue weighted by Crippen LogP contribution is -2.46. The molecule has 0 bridgehead atoms. The van der Waals surface area contributed by atoms with Crippen LogP contribution in [0.25, 0.3) is 20.8 Å². The number of anilines is 2. The summed E-state index contributed by atoms with van der Waals surface area (Å²) in [5, 5.41) is 7.14. The van der Waals surface area contributed by atoms with Crippen molar-refractivity contribution in [3.63, 3.8) is 0 Å². The van der Waals surface area contributed by atoms with Gasteiger partial charge in [0.05, 0.1) is 46.2 Å². The average molecular weight is 401 g/mol. The van der Waals surface area contributed by atoms with Crippen LogP contribution in [0.15, 0.2) is 18.3 Å². The van der Waals surface area contributed by atoms with Gasteiger partial charge in [0, 0.05) is 32.4 Å². The minimum absolute atomic E-state index is 0.165. The van der Waals surface area contributed by atoms with Crippen molar-refractivity contribution in [2.75, 3.05) is 49.2 Å². The van der Waals surface area contributed by atoms with Gasteiger partial charge in [-0.25, -0.2) is 4.98 Å². The molecule has 0 radical (unpaired) electrons. The molecule has 2 fully saturated rings. The highest BCUT2D eigenvalue weighted by Gasteiger charge is 2.27. The summed E-state index contributed by atoms with van der Waals surface area (Å²) in [6.07, 6.45) is 2.10. The number of aromatic amines is 1. The Morgan fingerprint density at radius 3 is 2.61 bits per heavy atom. The Labute approximate surface area is 167 Å². The molecule has 3 aromatic rings. The van der Waals surface area contributed by atoms with Crippen LogP contribution in [0.3, 0.4) is 0 Å². The smallest absolute Gasteiger partial charge is 0.228 e. The quantitative estimate of drug-likeness (QED) is 0.724. The number of fused-ring (bicyclic) bond motifs is 1. The standard InChI is InChI=1S/C19H24N6O2S/c1-12-10-25(11-13(2)27-12)19-21-15-9-16(14-3-4-20-23-14)28-17(15)18(22-19)24-5-7-26-8-6-24/h3-4,9,12-13H,5-8,10-11H2,1-2H3,(H,20,23)/t12-,13+. The van der Waals surface area contributed by atoms with Gasteiger partial charge in [0.15, 0.2) is 5.82 Å². The number of morpholine rings is 2. The van der Waals surface area contributed by atoms with E-state index in [1.807, 2.05) is 6.07 Å². The number of aromatic nitrogens is 4. The predicted octanol–water partition coefficient (Wildman–Crippen LogP) is 2.53. The van der Waals surface area contributed by atoms with Gasteiger partial charge in [-0.1, -0.05) is 0 Å². The van der Waals surface area contributed by atoms with E-state index in [1.54, 1.807) is 17.5 Å². The van der Waals surface area contributed by atoms with E-state index < -0.39 is 0 Å². The third-order valence-electron chi connectivity index (χ3n) is 5.12. The first kappa shape index (κ1) is 17.8. The Balaban J connectivity index is 1.60. The monoisotopic (exact) mass is 400 g/mol. The molecule has 0 aliphatic carbocycles. The zero-order valence-electron chi connectivity index (χ0n) is 16.1. The van der Waals surface area contributed by atoms with E-state index in [4.69, 9.17) is 19.4 Å². The summed E-state index contributed by atoms with van der Waals surface area (Å²) in [6.45, 7) is 8.95. The number of nitrogens with zero attached hydrogens (tertiary/aromatic N) is 5. The molecule has 0 spiro atoms. The maximum atomic E-state index is 5.89. The fraction of sp³-hybridized carbons (Fsp3) is 0.526. The third-order valence-corrected chi connectivity index (χ3v) is 6.27. The van der Waals surface area contributed by atoms with Gasteiger partial charge >= 0.3 is 0 Å².